The van der Waals surface area contributed by atoms with Crippen LogP contribution in [-0.4, -0.2) is 66.1 Å². The SMILES string of the molecule is COc1cc2c(cc1OCCC(=O)Nc1ccc3oc(C(=O)Nc4cc(O)ccc4CCCl)cc3c1)N=C[C@@H]1CCCN1C2=O. The summed E-state index contributed by atoms with van der Waals surface area (Å²) in [4.78, 5) is 45.1. The molecule has 0 saturated carbocycles. The van der Waals surface area contributed by atoms with Crippen molar-refractivity contribution in [3.63, 3.8) is 0 Å². The monoisotopic (exact) mass is 630 g/mol. The van der Waals surface area contributed by atoms with E-state index in [1.54, 1.807) is 48.7 Å². The summed E-state index contributed by atoms with van der Waals surface area (Å²) >= 11 is 5.87. The van der Waals surface area contributed by atoms with Crippen molar-refractivity contribution in [2.45, 2.75) is 31.7 Å². The minimum atomic E-state index is -0.487. The van der Waals surface area contributed by atoms with E-state index in [1.807, 2.05) is 4.90 Å². The minimum Gasteiger partial charge on any atom is -0.508 e. The van der Waals surface area contributed by atoms with Crippen molar-refractivity contribution >= 4 is 63.6 Å². The number of fused-ring (bicyclic) bond motifs is 3. The first-order valence-corrected chi connectivity index (χ1v) is 15.1. The number of nitrogens with zero attached hydrogens (tertiary/aromatic N) is 2. The molecule has 2 aliphatic rings. The molecule has 45 heavy (non-hydrogen) atoms. The maximum atomic E-state index is 13.1. The largest absolute Gasteiger partial charge is 0.508 e. The summed E-state index contributed by atoms with van der Waals surface area (Å²) in [5.74, 6) is 0.377. The van der Waals surface area contributed by atoms with Crippen molar-refractivity contribution in [3.05, 3.63) is 71.5 Å². The van der Waals surface area contributed by atoms with Crippen molar-refractivity contribution in [3.8, 4) is 17.2 Å². The van der Waals surface area contributed by atoms with Gasteiger partial charge in [0.1, 0.15) is 11.3 Å². The zero-order chi connectivity index (χ0) is 31.5. The molecular formula is C33H31ClN4O7. The summed E-state index contributed by atoms with van der Waals surface area (Å²) < 4.78 is 17.1. The lowest BCUT2D eigenvalue weighted by Crippen LogP contribution is -2.35. The van der Waals surface area contributed by atoms with Crippen LogP contribution in [0.3, 0.4) is 0 Å². The molecule has 4 aromatic rings. The zero-order valence-corrected chi connectivity index (χ0v) is 25.2. The first-order valence-electron chi connectivity index (χ1n) is 14.6. The van der Waals surface area contributed by atoms with Crippen LogP contribution in [0.4, 0.5) is 17.1 Å². The van der Waals surface area contributed by atoms with Crippen LogP contribution in [0, 0.1) is 0 Å². The molecule has 3 heterocycles. The number of furan rings is 1. The summed E-state index contributed by atoms with van der Waals surface area (Å²) in [5, 5.41) is 16.1. The molecule has 1 aromatic heterocycles. The Bertz CT molecular complexity index is 1820. The number of alkyl halides is 1. The van der Waals surface area contributed by atoms with Gasteiger partial charge in [-0.2, -0.15) is 0 Å². The molecule has 1 atom stereocenters. The van der Waals surface area contributed by atoms with Gasteiger partial charge in [0.25, 0.3) is 11.8 Å². The van der Waals surface area contributed by atoms with E-state index in [1.165, 1.54) is 19.2 Å². The molecule has 0 aliphatic carbocycles. The standard InChI is InChI=1S/C33H31ClN4O7/c1-43-28-16-24-26(35-18-22-3-2-11-38(22)33(24)42)17-29(28)44-12-9-31(40)36-21-5-7-27-20(13-21)14-30(45-27)32(41)37-25-15-23(39)6-4-19(25)8-10-34/h4-7,13-18,22,39H,2-3,8-12H2,1H3,(H,36,40)(H,37,41)/t22-/m0/s1. The maximum absolute atomic E-state index is 13.1. The second-order valence-electron chi connectivity index (χ2n) is 10.8. The maximum Gasteiger partial charge on any atom is 0.291 e. The number of aromatic hydroxyl groups is 1. The second kappa shape index (κ2) is 12.9. The molecular weight excluding hydrogens is 600 g/mol. The fourth-order valence-corrected chi connectivity index (χ4v) is 5.72. The number of anilines is 2. The number of nitrogens with one attached hydrogen (secondary N) is 2. The second-order valence-corrected chi connectivity index (χ2v) is 11.1. The van der Waals surface area contributed by atoms with Crippen LogP contribution in [0.2, 0.25) is 0 Å². The van der Waals surface area contributed by atoms with Crippen LogP contribution < -0.4 is 20.1 Å². The van der Waals surface area contributed by atoms with Gasteiger partial charge in [-0.05, 0) is 61.2 Å². The summed E-state index contributed by atoms with van der Waals surface area (Å²) in [6.07, 6.45) is 4.20. The molecule has 12 heteroatoms. The normalized spacial score (nSPS) is 15.4. The Morgan fingerprint density at radius 2 is 1.98 bits per heavy atom. The highest BCUT2D eigenvalue weighted by molar-refractivity contribution is 6.18. The van der Waals surface area contributed by atoms with Crippen molar-refractivity contribution in [1.29, 1.82) is 0 Å². The lowest BCUT2D eigenvalue weighted by atomic mass is 10.1. The number of hydrogen-bond donors (Lipinski definition) is 3. The number of ether oxygens (including phenoxy) is 2. The molecule has 6 rings (SSSR count). The number of hydrogen-bond acceptors (Lipinski definition) is 8. The molecule has 232 valence electrons. The van der Waals surface area contributed by atoms with Crippen molar-refractivity contribution < 1.29 is 33.4 Å². The Morgan fingerprint density at radius 1 is 1.11 bits per heavy atom. The number of methoxy groups -OCH3 is 1. The molecule has 3 amide bonds. The number of carbonyl (C=O) groups excluding carboxylic acids is 3. The number of halogens is 1. The first-order chi connectivity index (χ1) is 21.8. The first kappa shape index (κ1) is 30.0. The number of rotatable bonds is 10. The lowest BCUT2D eigenvalue weighted by molar-refractivity contribution is -0.116. The smallest absolute Gasteiger partial charge is 0.291 e. The number of benzene rings is 3. The third-order valence-corrected chi connectivity index (χ3v) is 7.96. The number of phenolic OH excluding ortho intramolecular Hbond substituents is 1. The van der Waals surface area contributed by atoms with E-state index in [0.717, 1.165) is 18.4 Å². The minimum absolute atomic E-state index is 0.00638. The molecule has 0 spiro atoms. The highest BCUT2D eigenvalue weighted by Gasteiger charge is 2.32. The summed E-state index contributed by atoms with van der Waals surface area (Å²) in [6, 6.07) is 14.6. The third-order valence-electron chi connectivity index (χ3n) is 7.77. The molecule has 3 aromatic carbocycles. The van der Waals surface area contributed by atoms with Gasteiger partial charge in [-0.15, -0.1) is 11.6 Å². The molecule has 0 bridgehead atoms. The number of phenols is 1. The summed E-state index contributed by atoms with van der Waals surface area (Å²) in [7, 11) is 1.50. The molecule has 1 saturated heterocycles. The number of amides is 3. The molecule has 11 nitrogen and oxygen atoms in total. The average molecular weight is 631 g/mol. The fraction of sp³-hybridized carbons (Fsp3) is 0.273. The van der Waals surface area contributed by atoms with E-state index in [9.17, 15) is 19.5 Å². The zero-order valence-electron chi connectivity index (χ0n) is 24.5. The lowest BCUT2D eigenvalue weighted by Gasteiger charge is -2.20. The van der Waals surface area contributed by atoms with Gasteiger partial charge in [-0.25, -0.2) is 0 Å². The van der Waals surface area contributed by atoms with Crippen LogP contribution in [0.5, 0.6) is 17.2 Å². The molecule has 3 N–H and O–H groups in total. The average Bonchev–Trinajstić information content (AvgIpc) is 3.65. The highest BCUT2D eigenvalue weighted by atomic mass is 35.5. The van der Waals surface area contributed by atoms with Crippen molar-refractivity contribution in [2.24, 2.45) is 4.99 Å². The van der Waals surface area contributed by atoms with E-state index < -0.39 is 5.91 Å². The van der Waals surface area contributed by atoms with Gasteiger partial charge in [0.2, 0.25) is 5.91 Å². The van der Waals surface area contributed by atoms with E-state index >= 15 is 0 Å². The van der Waals surface area contributed by atoms with Gasteiger partial charge >= 0.3 is 0 Å². The predicted molar refractivity (Wildman–Crippen MR) is 171 cm³/mol. The Hall–Kier alpha value is -5.03. The van der Waals surface area contributed by atoms with Crippen LogP contribution in [0.25, 0.3) is 11.0 Å². The van der Waals surface area contributed by atoms with E-state index in [0.29, 0.717) is 63.9 Å². The van der Waals surface area contributed by atoms with E-state index in [-0.39, 0.29) is 42.4 Å². The number of aliphatic imine (C=N–C) groups is 1. The van der Waals surface area contributed by atoms with Gasteiger partial charge in [0, 0.05) is 47.5 Å². The molecule has 0 radical (unpaired) electrons. The van der Waals surface area contributed by atoms with Crippen LogP contribution >= 0.6 is 11.6 Å². The van der Waals surface area contributed by atoms with Gasteiger partial charge < -0.3 is 34.5 Å². The fourth-order valence-electron chi connectivity index (χ4n) is 5.51. The van der Waals surface area contributed by atoms with Crippen molar-refractivity contribution in [2.75, 3.05) is 36.8 Å². The molecule has 1 fully saturated rings. The van der Waals surface area contributed by atoms with Gasteiger partial charge in [0.15, 0.2) is 17.3 Å². The van der Waals surface area contributed by atoms with Crippen LogP contribution in [0.15, 0.2) is 64.0 Å². The Labute approximate surface area is 263 Å². The van der Waals surface area contributed by atoms with Gasteiger partial charge in [-0.3, -0.25) is 19.4 Å². The highest BCUT2D eigenvalue weighted by Crippen LogP contribution is 2.38. The Kier molecular flexibility index (Phi) is 8.61. The molecule has 0 unspecified atom stereocenters. The van der Waals surface area contributed by atoms with Crippen LogP contribution in [0.1, 0.15) is 45.7 Å². The van der Waals surface area contributed by atoms with Gasteiger partial charge in [-0.1, -0.05) is 6.07 Å². The Balaban J connectivity index is 1.08. The van der Waals surface area contributed by atoms with Crippen LogP contribution in [-0.2, 0) is 11.2 Å². The van der Waals surface area contributed by atoms with Crippen molar-refractivity contribution in [1.82, 2.24) is 4.90 Å². The number of carbonyl (C=O) groups is 3. The third kappa shape index (κ3) is 6.44. The van der Waals surface area contributed by atoms with Gasteiger partial charge in [0.05, 0.1) is 37.4 Å². The quantitative estimate of drug-likeness (QED) is 0.185. The Morgan fingerprint density at radius 3 is 2.80 bits per heavy atom. The topological polar surface area (TPSA) is 143 Å². The molecule has 2 aliphatic heterocycles. The van der Waals surface area contributed by atoms with E-state index in [4.69, 9.17) is 25.5 Å². The number of aryl methyl sites for hydroxylation is 1. The predicted octanol–water partition coefficient (Wildman–Crippen LogP) is 5.91. The summed E-state index contributed by atoms with van der Waals surface area (Å²) in [5.41, 5.74) is 3.19. The summed E-state index contributed by atoms with van der Waals surface area (Å²) in [6.45, 7) is 0.762. The van der Waals surface area contributed by atoms with E-state index in [2.05, 4.69) is 15.6 Å².